The normalized spacial score (nSPS) is 11.6. The third kappa shape index (κ3) is 8.00. The van der Waals surface area contributed by atoms with Crippen LogP contribution in [-0.2, 0) is 0 Å². The Morgan fingerprint density at radius 2 is 0.857 bits per heavy atom. The fourth-order valence-electron chi connectivity index (χ4n) is 8.75. The molecule has 0 atom stereocenters. The second kappa shape index (κ2) is 17.7. The molecule has 0 fully saturated rings. The lowest BCUT2D eigenvalue weighted by molar-refractivity contribution is 1.10. The third-order valence-electron chi connectivity index (χ3n) is 11.8. The van der Waals surface area contributed by atoms with Gasteiger partial charge in [0.2, 0.25) is 0 Å². The van der Waals surface area contributed by atoms with E-state index in [4.69, 9.17) is 6.42 Å². The van der Waals surface area contributed by atoms with Gasteiger partial charge in [0.05, 0.1) is 11.4 Å². The molecule has 63 heavy (non-hydrogen) atoms. The van der Waals surface area contributed by atoms with E-state index in [1.807, 2.05) is 12.1 Å². The Balaban J connectivity index is 0.980. The van der Waals surface area contributed by atoms with Crippen LogP contribution in [0.1, 0.15) is 5.56 Å². The molecule has 0 N–H and O–H groups in total. The number of hydrogen-bond acceptors (Lipinski definition) is 2. The molecular weight excluding hydrogens is 761 g/mol. The molecule has 0 aliphatic heterocycles. The van der Waals surface area contributed by atoms with Crippen molar-refractivity contribution in [2.45, 2.75) is 0 Å². The summed E-state index contributed by atoms with van der Waals surface area (Å²) in [6.45, 7) is 0.639. The van der Waals surface area contributed by atoms with Crippen molar-refractivity contribution in [2.24, 2.45) is 0 Å². The molecule has 10 rings (SSSR count). The standard InChI is InChI=1S/C61H44N2/c1-2-17-45(52-26-12-27-53(44-52)46-18-4-3-5-19-46)28-16-43-62(59-32-13-23-49-20-6-9-29-56(49)59)54-39-35-47(36-40-54)48-37-41-55(42-38-48)63(60-33-14-24-50-21-7-10-30-57(50)60)61-34-15-25-51-22-8-11-31-58(51)61/h1,3-42,44H,43H2/b28-16-,45-17+. The molecule has 2 nitrogen and oxygen atoms in total. The number of fused-ring (bicyclic) bond motifs is 3. The first-order chi connectivity index (χ1) is 31.2. The largest absolute Gasteiger partial charge is 0.337 e. The number of rotatable bonds is 11. The van der Waals surface area contributed by atoms with Crippen LogP contribution in [0.2, 0.25) is 0 Å². The van der Waals surface area contributed by atoms with Crippen molar-refractivity contribution in [1.29, 1.82) is 0 Å². The van der Waals surface area contributed by atoms with E-state index in [2.05, 4.69) is 252 Å². The maximum atomic E-state index is 5.90. The van der Waals surface area contributed by atoms with E-state index >= 15 is 0 Å². The zero-order valence-electron chi connectivity index (χ0n) is 34.9. The Hall–Kier alpha value is -8.38. The Kier molecular flexibility index (Phi) is 10.9. The zero-order chi connectivity index (χ0) is 42.4. The Bertz CT molecular complexity index is 3220. The molecule has 298 valence electrons. The van der Waals surface area contributed by atoms with Gasteiger partial charge in [-0.05, 0) is 104 Å². The summed E-state index contributed by atoms with van der Waals surface area (Å²) < 4.78 is 0. The van der Waals surface area contributed by atoms with E-state index in [-0.39, 0.29) is 0 Å². The van der Waals surface area contributed by atoms with Gasteiger partial charge in [-0.3, -0.25) is 0 Å². The molecule has 2 heteroatoms. The quantitative estimate of drug-likeness (QED) is 0.0949. The van der Waals surface area contributed by atoms with Crippen molar-refractivity contribution < 1.29 is 0 Å². The summed E-state index contributed by atoms with van der Waals surface area (Å²) in [6.07, 6.45) is 12.1. The molecule has 0 unspecified atom stereocenters. The number of benzene rings is 10. The monoisotopic (exact) mass is 804 g/mol. The second-order valence-electron chi connectivity index (χ2n) is 15.7. The van der Waals surface area contributed by atoms with Crippen LogP contribution < -0.4 is 9.80 Å². The first-order valence-corrected chi connectivity index (χ1v) is 21.4. The maximum Gasteiger partial charge on any atom is 0.0540 e. The van der Waals surface area contributed by atoms with Crippen molar-refractivity contribution in [3.63, 3.8) is 0 Å². The summed E-state index contributed by atoms with van der Waals surface area (Å²) in [5.41, 5.74) is 12.3. The predicted octanol–water partition coefficient (Wildman–Crippen LogP) is 16.4. The summed E-state index contributed by atoms with van der Waals surface area (Å²) in [7, 11) is 0. The smallest absolute Gasteiger partial charge is 0.0540 e. The highest BCUT2D eigenvalue weighted by Gasteiger charge is 2.18. The Morgan fingerprint density at radius 3 is 1.43 bits per heavy atom. The first kappa shape index (κ1) is 38.8. The molecule has 10 aromatic carbocycles. The SMILES string of the molecule is C#C/C=C(\C=C/CN(c1ccc(-c2ccc(N(c3cccc4ccccc34)c3cccc4ccccc34)cc2)cc1)c1cccc2ccccc12)c1cccc(-c2ccccc2)c1. The van der Waals surface area contributed by atoms with Crippen LogP contribution in [0.15, 0.2) is 249 Å². The number of allylic oxidation sites excluding steroid dienone is 3. The molecule has 0 saturated carbocycles. The molecule has 0 aromatic heterocycles. The fraction of sp³-hybridized carbons (Fsp3) is 0.0164. The lowest BCUT2D eigenvalue weighted by Crippen LogP contribution is -2.17. The van der Waals surface area contributed by atoms with Crippen LogP contribution >= 0.6 is 0 Å². The summed E-state index contributed by atoms with van der Waals surface area (Å²) in [5, 5.41) is 7.24. The molecule has 0 spiro atoms. The van der Waals surface area contributed by atoms with Crippen molar-refractivity contribution >= 4 is 66.3 Å². The van der Waals surface area contributed by atoms with Gasteiger partial charge in [0.25, 0.3) is 0 Å². The van der Waals surface area contributed by atoms with Crippen LogP contribution in [0, 0.1) is 12.3 Å². The van der Waals surface area contributed by atoms with E-state index in [9.17, 15) is 0 Å². The van der Waals surface area contributed by atoms with Gasteiger partial charge < -0.3 is 9.80 Å². The molecule has 0 amide bonds. The molecule has 0 aliphatic rings. The van der Waals surface area contributed by atoms with E-state index in [0.29, 0.717) is 6.54 Å². The van der Waals surface area contributed by atoms with Crippen molar-refractivity contribution in [3.05, 3.63) is 254 Å². The van der Waals surface area contributed by atoms with Crippen LogP contribution in [0.5, 0.6) is 0 Å². The minimum absolute atomic E-state index is 0.639. The highest BCUT2D eigenvalue weighted by atomic mass is 15.1. The average molecular weight is 805 g/mol. The van der Waals surface area contributed by atoms with Gasteiger partial charge >= 0.3 is 0 Å². The van der Waals surface area contributed by atoms with Gasteiger partial charge in [0.15, 0.2) is 0 Å². The van der Waals surface area contributed by atoms with Gasteiger partial charge in [0, 0.05) is 39.8 Å². The highest BCUT2D eigenvalue weighted by Crippen LogP contribution is 2.43. The van der Waals surface area contributed by atoms with E-state index < -0.39 is 0 Å². The van der Waals surface area contributed by atoms with E-state index in [1.54, 1.807) is 0 Å². The lowest BCUT2D eigenvalue weighted by Gasteiger charge is -2.28. The minimum atomic E-state index is 0.639. The number of nitrogens with zero attached hydrogens (tertiary/aromatic N) is 2. The van der Waals surface area contributed by atoms with Gasteiger partial charge in [-0.2, -0.15) is 0 Å². The van der Waals surface area contributed by atoms with Crippen molar-refractivity contribution in [2.75, 3.05) is 16.3 Å². The summed E-state index contributed by atoms with van der Waals surface area (Å²) in [6, 6.07) is 82.4. The second-order valence-corrected chi connectivity index (χ2v) is 15.7. The average Bonchev–Trinajstić information content (AvgIpc) is 3.36. The van der Waals surface area contributed by atoms with E-state index in [1.165, 1.54) is 37.9 Å². The van der Waals surface area contributed by atoms with Crippen LogP contribution in [0.25, 0.3) is 60.1 Å². The number of terminal acetylenes is 1. The van der Waals surface area contributed by atoms with Gasteiger partial charge in [-0.15, -0.1) is 6.42 Å². The van der Waals surface area contributed by atoms with Crippen molar-refractivity contribution in [1.82, 2.24) is 0 Å². The van der Waals surface area contributed by atoms with Crippen LogP contribution in [0.3, 0.4) is 0 Å². The summed E-state index contributed by atoms with van der Waals surface area (Å²) in [5.74, 6) is 2.78. The Labute approximate surface area is 370 Å². The van der Waals surface area contributed by atoms with Gasteiger partial charge in [-0.25, -0.2) is 0 Å². The van der Waals surface area contributed by atoms with E-state index in [0.717, 1.165) is 56.3 Å². The molecular formula is C61H44N2. The fourth-order valence-corrected chi connectivity index (χ4v) is 8.75. The molecule has 0 bridgehead atoms. The van der Waals surface area contributed by atoms with Gasteiger partial charge in [0.1, 0.15) is 0 Å². The molecule has 0 radical (unpaired) electrons. The molecule has 0 aliphatic carbocycles. The summed E-state index contributed by atoms with van der Waals surface area (Å²) in [4.78, 5) is 4.78. The number of hydrogen-bond donors (Lipinski definition) is 0. The molecule has 0 saturated heterocycles. The highest BCUT2D eigenvalue weighted by molar-refractivity contribution is 6.05. The maximum absolute atomic E-state index is 5.90. The van der Waals surface area contributed by atoms with Crippen molar-refractivity contribution in [3.8, 4) is 34.6 Å². The predicted molar refractivity (Wildman–Crippen MR) is 270 cm³/mol. The van der Waals surface area contributed by atoms with Crippen LogP contribution in [0.4, 0.5) is 28.4 Å². The topological polar surface area (TPSA) is 6.48 Å². The summed E-state index contributed by atoms with van der Waals surface area (Å²) >= 11 is 0. The number of anilines is 5. The molecule has 0 heterocycles. The molecule has 10 aromatic rings. The van der Waals surface area contributed by atoms with Crippen LogP contribution in [-0.4, -0.2) is 6.54 Å². The third-order valence-corrected chi connectivity index (χ3v) is 11.8. The lowest BCUT2D eigenvalue weighted by atomic mass is 9.98. The van der Waals surface area contributed by atoms with Gasteiger partial charge in [-0.1, -0.05) is 200 Å². The Morgan fingerprint density at radius 1 is 0.413 bits per heavy atom. The first-order valence-electron chi connectivity index (χ1n) is 21.4. The zero-order valence-corrected chi connectivity index (χ0v) is 34.9. The minimum Gasteiger partial charge on any atom is -0.337 e.